The van der Waals surface area contributed by atoms with Crippen molar-refractivity contribution in [2.24, 2.45) is 5.73 Å². The van der Waals surface area contributed by atoms with Gasteiger partial charge in [-0.25, -0.2) is 4.79 Å². The van der Waals surface area contributed by atoms with E-state index in [0.29, 0.717) is 38.8 Å². The van der Waals surface area contributed by atoms with Crippen LogP contribution in [0.5, 0.6) is 0 Å². The number of fused-ring (bicyclic) bond motifs is 3. The van der Waals surface area contributed by atoms with E-state index < -0.39 is 23.8 Å². The standard InChI is InChI=1S/C29H34N4O5/c1-28(2,30)26(35)32-23(15-18-17-31-22-10-6-4-7-19(18)22)25(34)33-13-11-29(12-14-33)16-24(38-27(36)37)20-8-3-5-9-21(20)29/h3-10,17,23-24,31H,11-16,30H2,1-2H3,(H,32,35)(H,36,37)/t23-,24?/m1/s1. The molecule has 9 nitrogen and oxygen atoms in total. The number of aromatic amines is 1. The second kappa shape index (κ2) is 9.79. The second-order valence-electron chi connectivity index (χ2n) is 11.1. The molecule has 9 heteroatoms. The van der Waals surface area contributed by atoms with Gasteiger partial charge < -0.3 is 30.8 Å². The Morgan fingerprint density at radius 2 is 1.84 bits per heavy atom. The summed E-state index contributed by atoms with van der Waals surface area (Å²) < 4.78 is 5.22. The minimum atomic E-state index is -1.28. The molecular weight excluding hydrogens is 484 g/mol. The summed E-state index contributed by atoms with van der Waals surface area (Å²) in [6.45, 7) is 4.24. The van der Waals surface area contributed by atoms with Crippen molar-refractivity contribution in [1.29, 1.82) is 0 Å². The molecule has 2 aliphatic rings. The summed E-state index contributed by atoms with van der Waals surface area (Å²) in [4.78, 5) is 43.0. The number of ether oxygens (including phenoxy) is 1. The molecule has 1 spiro atoms. The van der Waals surface area contributed by atoms with E-state index in [9.17, 15) is 19.5 Å². The Kier molecular flexibility index (Phi) is 6.65. The zero-order valence-electron chi connectivity index (χ0n) is 21.7. The summed E-state index contributed by atoms with van der Waals surface area (Å²) in [5.74, 6) is -0.532. The van der Waals surface area contributed by atoms with Gasteiger partial charge in [0, 0.05) is 42.0 Å². The van der Waals surface area contributed by atoms with Crippen LogP contribution in [0.25, 0.3) is 10.9 Å². The third-order valence-electron chi connectivity index (χ3n) is 8.02. The number of H-pyrrole nitrogens is 1. The summed E-state index contributed by atoms with van der Waals surface area (Å²) in [6, 6.07) is 14.9. The molecule has 200 valence electrons. The summed E-state index contributed by atoms with van der Waals surface area (Å²) in [5, 5.41) is 13.2. The number of para-hydroxylation sites is 1. The highest BCUT2D eigenvalue weighted by molar-refractivity contribution is 5.92. The van der Waals surface area contributed by atoms with E-state index in [1.54, 1.807) is 13.8 Å². The first-order valence-electron chi connectivity index (χ1n) is 13.0. The van der Waals surface area contributed by atoms with Gasteiger partial charge in [0.2, 0.25) is 11.8 Å². The lowest BCUT2D eigenvalue weighted by Gasteiger charge is -2.41. The number of nitrogens with two attached hydrogens (primary N) is 1. The Morgan fingerprint density at radius 3 is 2.55 bits per heavy atom. The average Bonchev–Trinajstić information content (AvgIpc) is 3.42. The number of rotatable bonds is 6. The molecule has 1 aliphatic carbocycles. The number of amides is 2. The van der Waals surface area contributed by atoms with Gasteiger partial charge >= 0.3 is 6.16 Å². The zero-order valence-corrected chi connectivity index (χ0v) is 21.7. The number of carbonyl (C=O) groups is 3. The lowest BCUT2D eigenvalue weighted by molar-refractivity contribution is -0.138. The summed E-state index contributed by atoms with van der Waals surface area (Å²) >= 11 is 0. The number of nitrogens with zero attached hydrogens (tertiary/aromatic N) is 1. The SMILES string of the molecule is CC(C)(N)C(=O)N[C@H](Cc1c[nH]c2ccccc12)C(=O)N1CCC2(CC1)CC(OC(=O)O)c1ccccc12. The van der Waals surface area contributed by atoms with Crippen LogP contribution >= 0.6 is 0 Å². The van der Waals surface area contributed by atoms with Crippen molar-refractivity contribution in [3.05, 3.63) is 71.4 Å². The Balaban J connectivity index is 1.35. The van der Waals surface area contributed by atoms with Crippen LogP contribution < -0.4 is 11.1 Å². The average molecular weight is 519 g/mol. The van der Waals surface area contributed by atoms with Crippen LogP contribution in [-0.2, 0) is 26.2 Å². The fourth-order valence-corrected chi connectivity index (χ4v) is 5.98. The zero-order chi connectivity index (χ0) is 27.1. The fourth-order valence-electron chi connectivity index (χ4n) is 5.98. The van der Waals surface area contributed by atoms with E-state index in [1.165, 1.54) is 0 Å². The molecule has 2 amide bonds. The third-order valence-corrected chi connectivity index (χ3v) is 8.02. The molecule has 2 heterocycles. The number of carbonyl (C=O) groups excluding carboxylic acids is 2. The van der Waals surface area contributed by atoms with Crippen LogP contribution in [0.2, 0.25) is 0 Å². The van der Waals surface area contributed by atoms with Crippen LogP contribution in [0.15, 0.2) is 54.7 Å². The van der Waals surface area contributed by atoms with Gasteiger partial charge in [-0.3, -0.25) is 9.59 Å². The highest BCUT2D eigenvalue weighted by Gasteiger charge is 2.47. The van der Waals surface area contributed by atoms with Crippen LogP contribution in [0.4, 0.5) is 4.79 Å². The van der Waals surface area contributed by atoms with Crippen molar-refractivity contribution >= 4 is 28.9 Å². The molecule has 2 atom stereocenters. The highest BCUT2D eigenvalue weighted by atomic mass is 16.7. The van der Waals surface area contributed by atoms with Gasteiger partial charge in [-0.05, 0) is 55.9 Å². The molecule has 0 saturated carbocycles. The van der Waals surface area contributed by atoms with Crippen LogP contribution in [-0.4, -0.2) is 57.6 Å². The molecule has 3 aromatic rings. The van der Waals surface area contributed by atoms with Gasteiger partial charge in [-0.15, -0.1) is 0 Å². The highest BCUT2D eigenvalue weighted by Crippen LogP contribution is 2.52. The largest absolute Gasteiger partial charge is 0.506 e. The molecule has 0 bridgehead atoms. The van der Waals surface area contributed by atoms with E-state index in [0.717, 1.165) is 27.6 Å². The lowest BCUT2D eigenvalue weighted by atomic mass is 9.73. The Morgan fingerprint density at radius 1 is 1.16 bits per heavy atom. The minimum Gasteiger partial charge on any atom is -0.450 e. The predicted molar refractivity (Wildman–Crippen MR) is 143 cm³/mol. The number of hydrogen-bond acceptors (Lipinski definition) is 5. The topological polar surface area (TPSA) is 138 Å². The van der Waals surface area contributed by atoms with Gasteiger partial charge in [-0.1, -0.05) is 42.5 Å². The first-order chi connectivity index (χ1) is 18.1. The number of hydrogen-bond donors (Lipinski definition) is 4. The van der Waals surface area contributed by atoms with E-state index in [2.05, 4.69) is 10.3 Å². The number of benzene rings is 2. The first kappa shape index (κ1) is 25.8. The van der Waals surface area contributed by atoms with E-state index in [4.69, 9.17) is 10.5 Å². The number of aromatic nitrogens is 1. The van der Waals surface area contributed by atoms with Crippen molar-refractivity contribution in [3.63, 3.8) is 0 Å². The molecule has 5 N–H and O–H groups in total. The van der Waals surface area contributed by atoms with E-state index in [1.807, 2.05) is 59.6 Å². The van der Waals surface area contributed by atoms with Gasteiger partial charge in [0.15, 0.2) is 0 Å². The quantitative estimate of drug-likeness (QED) is 0.368. The van der Waals surface area contributed by atoms with Gasteiger partial charge in [0.1, 0.15) is 12.1 Å². The van der Waals surface area contributed by atoms with Crippen LogP contribution in [0, 0.1) is 0 Å². The molecule has 1 unspecified atom stereocenters. The lowest BCUT2D eigenvalue weighted by Crippen LogP contribution is -2.58. The molecule has 1 aromatic heterocycles. The monoisotopic (exact) mass is 518 g/mol. The molecule has 1 saturated heterocycles. The molecule has 38 heavy (non-hydrogen) atoms. The maximum atomic E-state index is 13.8. The van der Waals surface area contributed by atoms with Crippen molar-refractivity contribution in [3.8, 4) is 0 Å². The summed E-state index contributed by atoms with van der Waals surface area (Å²) in [7, 11) is 0. The predicted octanol–water partition coefficient (Wildman–Crippen LogP) is 3.63. The minimum absolute atomic E-state index is 0.146. The van der Waals surface area contributed by atoms with Crippen molar-refractivity contribution < 1.29 is 24.2 Å². The van der Waals surface area contributed by atoms with E-state index >= 15 is 0 Å². The normalized spacial score (nSPS) is 19.2. The van der Waals surface area contributed by atoms with Crippen LogP contribution in [0.3, 0.4) is 0 Å². The number of piperidine rings is 1. The van der Waals surface area contributed by atoms with Gasteiger partial charge in [0.05, 0.1) is 5.54 Å². The van der Waals surface area contributed by atoms with Crippen molar-refractivity contribution in [2.45, 2.75) is 62.6 Å². The Hall–Kier alpha value is -3.85. The molecule has 1 aliphatic heterocycles. The molecule has 2 aromatic carbocycles. The van der Waals surface area contributed by atoms with Crippen molar-refractivity contribution in [2.75, 3.05) is 13.1 Å². The number of likely N-dealkylation sites (tertiary alicyclic amines) is 1. The molecular formula is C29H34N4O5. The van der Waals surface area contributed by atoms with Crippen molar-refractivity contribution in [1.82, 2.24) is 15.2 Å². The third kappa shape index (κ3) is 4.86. The van der Waals surface area contributed by atoms with E-state index in [-0.39, 0.29) is 17.2 Å². The summed E-state index contributed by atoms with van der Waals surface area (Å²) in [6.07, 6.45) is 2.37. The van der Waals surface area contributed by atoms with Crippen LogP contribution in [0.1, 0.15) is 55.9 Å². The Labute approximate surface area is 221 Å². The number of nitrogens with one attached hydrogen (secondary N) is 2. The molecule has 5 rings (SSSR count). The maximum absolute atomic E-state index is 13.8. The Bertz CT molecular complexity index is 1370. The fraction of sp³-hybridized carbons (Fsp3) is 0.414. The number of carboxylic acid groups (broad SMARTS) is 1. The molecule has 0 radical (unpaired) electrons. The maximum Gasteiger partial charge on any atom is 0.506 e. The summed E-state index contributed by atoms with van der Waals surface area (Å²) in [5.41, 5.74) is 8.59. The van der Waals surface area contributed by atoms with Gasteiger partial charge in [0.25, 0.3) is 0 Å². The smallest absolute Gasteiger partial charge is 0.450 e. The second-order valence-corrected chi connectivity index (χ2v) is 11.1. The first-order valence-corrected chi connectivity index (χ1v) is 13.0. The van der Waals surface area contributed by atoms with Gasteiger partial charge in [-0.2, -0.15) is 0 Å². The molecule has 1 fully saturated rings.